The zero-order valence-electron chi connectivity index (χ0n) is 15.7. The number of hydrogen-bond donors (Lipinski definition) is 1. The molecule has 0 heterocycles. The van der Waals surface area contributed by atoms with Gasteiger partial charge in [0.1, 0.15) is 11.3 Å². The molecule has 0 aliphatic rings. The second kappa shape index (κ2) is 9.72. The van der Waals surface area contributed by atoms with Gasteiger partial charge in [0, 0.05) is 12.1 Å². The number of alkyl halides is 3. The Morgan fingerprint density at radius 2 is 1.90 bits per heavy atom. The Kier molecular flexibility index (Phi) is 7.34. The maximum absolute atomic E-state index is 12.4. The first kappa shape index (κ1) is 22.7. The molecule has 0 aliphatic heterocycles. The van der Waals surface area contributed by atoms with Gasteiger partial charge in [-0.1, -0.05) is 12.1 Å². The molecule has 0 saturated heterocycles. The first-order valence-corrected chi connectivity index (χ1v) is 8.69. The highest BCUT2D eigenvalue weighted by Crippen LogP contribution is 2.29. The predicted octanol–water partition coefficient (Wildman–Crippen LogP) is 4.24. The molecular formula is C19H17F3N2O6. The molecule has 0 bridgehead atoms. The van der Waals surface area contributed by atoms with Crippen LogP contribution in [0.4, 0.5) is 24.5 Å². The van der Waals surface area contributed by atoms with Gasteiger partial charge in [-0.3, -0.25) is 19.7 Å². The molecule has 1 amide bonds. The summed E-state index contributed by atoms with van der Waals surface area (Å²) in [4.78, 5) is 34.1. The summed E-state index contributed by atoms with van der Waals surface area (Å²) in [6.07, 6.45) is -4.54. The van der Waals surface area contributed by atoms with E-state index in [2.05, 4.69) is 10.1 Å². The summed E-state index contributed by atoms with van der Waals surface area (Å²) in [5.74, 6) is -2.07. The summed E-state index contributed by atoms with van der Waals surface area (Å²) in [6.45, 7) is 1.95. The summed E-state index contributed by atoms with van der Waals surface area (Å²) in [5, 5.41) is 13.6. The molecule has 0 aromatic heterocycles. The molecule has 2 aromatic rings. The number of nitrogens with zero attached hydrogens (tertiary/aromatic N) is 1. The average molecular weight is 426 g/mol. The van der Waals surface area contributed by atoms with Crippen molar-refractivity contribution in [2.75, 3.05) is 11.9 Å². The number of amides is 1. The molecule has 0 spiro atoms. The number of carbonyl (C=O) groups excluding carboxylic acids is 2. The highest BCUT2D eigenvalue weighted by Gasteiger charge is 2.32. The van der Waals surface area contributed by atoms with Crippen LogP contribution < -0.4 is 10.1 Å². The topological polar surface area (TPSA) is 108 Å². The van der Waals surface area contributed by atoms with Crippen molar-refractivity contribution in [3.63, 3.8) is 0 Å². The van der Waals surface area contributed by atoms with Gasteiger partial charge < -0.3 is 14.8 Å². The maximum atomic E-state index is 12.4. The lowest BCUT2D eigenvalue weighted by Gasteiger charge is -2.11. The number of benzene rings is 2. The first-order valence-electron chi connectivity index (χ1n) is 8.69. The minimum atomic E-state index is -5.03. The molecule has 2 aromatic carbocycles. The number of nitro groups is 1. The molecule has 0 unspecified atom stereocenters. The molecule has 0 radical (unpaired) electrons. The second-order valence-corrected chi connectivity index (χ2v) is 5.94. The van der Waals surface area contributed by atoms with E-state index in [1.54, 1.807) is 25.1 Å². The van der Waals surface area contributed by atoms with E-state index in [0.29, 0.717) is 23.7 Å². The van der Waals surface area contributed by atoms with E-state index < -0.39 is 34.2 Å². The molecule has 160 valence electrons. The number of halogens is 3. The molecule has 30 heavy (non-hydrogen) atoms. The summed E-state index contributed by atoms with van der Waals surface area (Å²) in [6, 6.07) is 8.65. The number of nitro benzene ring substituents is 1. The number of esters is 1. The number of anilines is 1. The Hall–Kier alpha value is -3.63. The zero-order chi connectivity index (χ0) is 22.3. The molecule has 0 fully saturated rings. The van der Waals surface area contributed by atoms with Gasteiger partial charge in [-0.2, -0.15) is 0 Å². The summed E-state index contributed by atoms with van der Waals surface area (Å²) >= 11 is 0. The first-order chi connectivity index (χ1) is 14.1. The number of nitrogens with one attached hydrogen (secondary N) is 1. The number of aryl methyl sites for hydroxylation is 1. The quantitative estimate of drug-likeness (QED) is 0.384. The lowest BCUT2D eigenvalue weighted by atomic mass is 10.1. The number of rotatable bonds is 8. The van der Waals surface area contributed by atoms with Gasteiger partial charge in [0.2, 0.25) is 0 Å². The van der Waals surface area contributed by atoms with Gasteiger partial charge >= 0.3 is 12.3 Å². The Morgan fingerprint density at radius 3 is 2.53 bits per heavy atom. The van der Waals surface area contributed by atoms with E-state index in [0.717, 1.165) is 12.1 Å². The third kappa shape index (κ3) is 6.76. The van der Waals surface area contributed by atoms with Crippen LogP contribution in [0.2, 0.25) is 0 Å². The largest absolute Gasteiger partial charge is 0.573 e. The van der Waals surface area contributed by atoms with Crippen molar-refractivity contribution >= 4 is 23.3 Å². The van der Waals surface area contributed by atoms with Crippen LogP contribution in [0.25, 0.3) is 0 Å². The standard InChI is InChI=1S/C19H17F3N2O6/c1-2-29-17(25)9-6-12-4-3-5-13(10-12)23-18(26)15-8-7-14(30-19(20,21)22)11-16(15)24(27)28/h3-5,7-8,10-11H,2,6,9H2,1H3,(H,23,26). The van der Waals surface area contributed by atoms with Crippen molar-refractivity contribution in [3.8, 4) is 5.75 Å². The van der Waals surface area contributed by atoms with E-state index in [4.69, 9.17) is 4.74 Å². The van der Waals surface area contributed by atoms with E-state index in [1.165, 1.54) is 6.07 Å². The number of carbonyl (C=O) groups is 2. The lowest BCUT2D eigenvalue weighted by Crippen LogP contribution is -2.18. The molecule has 2 rings (SSSR count). The molecule has 1 N–H and O–H groups in total. The van der Waals surface area contributed by atoms with Crippen LogP contribution in [-0.4, -0.2) is 29.8 Å². The molecule has 11 heteroatoms. The fourth-order valence-corrected chi connectivity index (χ4v) is 2.53. The van der Waals surface area contributed by atoms with E-state index in [-0.39, 0.29) is 19.0 Å². The van der Waals surface area contributed by atoms with E-state index >= 15 is 0 Å². The maximum Gasteiger partial charge on any atom is 0.573 e. The molecular weight excluding hydrogens is 409 g/mol. The van der Waals surface area contributed by atoms with E-state index in [9.17, 15) is 32.9 Å². The van der Waals surface area contributed by atoms with Gasteiger partial charge in [-0.05, 0) is 43.2 Å². The third-order valence-electron chi connectivity index (χ3n) is 3.75. The zero-order valence-corrected chi connectivity index (χ0v) is 15.7. The highest BCUT2D eigenvalue weighted by molar-refractivity contribution is 6.07. The fraction of sp³-hybridized carbons (Fsp3) is 0.263. The Bertz CT molecular complexity index is 946. The lowest BCUT2D eigenvalue weighted by molar-refractivity contribution is -0.385. The molecule has 8 nitrogen and oxygen atoms in total. The van der Waals surface area contributed by atoms with Crippen molar-refractivity contribution in [3.05, 3.63) is 63.7 Å². The Morgan fingerprint density at radius 1 is 1.17 bits per heavy atom. The molecule has 0 aliphatic carbocycles. The SMILES string of the molecule is CCOC(=O)CCc1cccc(NC(=O)c2ccc(OC(F)(F)F)cc2[N+](=O)[O-])c1. The van der Waals surface area contributed by atoms with Crippen molar-refractivity contribution in [2.45, 2.75) is 26.1 Å². The van der Waals surface area contributed by atoms with Crippen LogP contribution in [0, 0.1) is 10.1 Å². The van der Waals surface area contributed by atoms with Crippen molar-refractivity contribution in [1.82, 2.24) is 0 Å². The number of hydrogen-bond acceptors (Lipinski definition) is 6. The Labute approximate surface area is 168 Å². The third-order valence-corrected chi connectivity index (χ3v) is 3.75. The second-order valence-electron chi connectivity index (χ2n) is 5.94. The van der Waals surface area contributed by atoms with Crippen molar-refractivity contribution < 1.29 is 37.2 Å². The minimum absolute atomic E-state index is 0.136. The van der Waals surface area contributed by atoms with Gasteiger partial charge in [-0.15, -0.1) is 13.2 Å². The van der Waals surface area contributed by atoms with Crippen molar-refractivity contribution in [2.24, 2.45) is 0 Å². The Balaban J connectivity index is 2.16. The van der Waals surface area contributed by atoms with Crippen LogP contribution in [0.3, 0.4) is 0 Å². The van der Waals surface area contributed by atoms with Crippen LogP contribution in [0.1, 0.15) is 29.3 Å². The van der Waals surface area contributed by atoms with E-state index in [1.807, 2.05) is 0 Å². The molecule has 0 atom stereocenters. The average Bonchev–Trinajstić information content (AvgIpc) is 2.65. The minimum Gasteiger partial charge on any atom is -0.466 e. The highest BCUT2D eigenvalue weighted by atomic mass is 19.4. The van der Waals surface area contributed by atoms with Crippen LogP contribution >= 0.6 is 0 Å². The fourth-order valence-electron chi connectivity index (χ4n) is 2.53. The van der Waals surface area contributed by atoms with Gasteiger partial charge in [0.05, 0.1) is 17.6 Å². The monoisotopic (exact) mass is 426 g/mol. The van der Waals surface area contributed by atoms with Gasteiger partial charge in [-0.25, -0.2) is 0 Å². The van der Waals surface area contributed by atoms with Gasteiger partial charge in [0.25, 0.3) is 11.6 Å². The van der Waals surface area contributed by atoms with Crippen LogP contribution in [0.5, 0.6) is 5.75 Å². The molecule has 0 saturated carbocycles. The summed E-state index contributed by atoms with van der Waals surface area (Å²) in [7, 11) is 0. The normalized spacial score (nSPS) is 10.9. The van der Waals surface area contributed by atoms with Crippen LogP contribution in [-0.2, 0) is 16.0 Å². The predicted molar refractivity (Wildman–Crippen MR) is 99.1 cm³/mol. The van der Waals surface area contributed by atoms with Gasteiger partial charge in [0.15, 0.2) is 0 Å². The summed E-state index contributed by atoms with van der Waals surface area (Å²) < 4.78 is 45.4. The number of ether oxygens (including phenoxy) is 2. The summed E-state index contributed by atoms with van der Waals surface area (Å²) in [5.41, 5.74) is -0.269. The smallest absolute Gasteiger partial charge is 0.466 e. The van der Waals surface area contributed by atoms with Crippen LogP contribution in [0.15, 0.2) is 42.5 Å². The van der Waals surface area contributed by atoms with Crippen molar-refractivity contribution in [1.29, 1.82) is 0 Å².